The lowest BCUT2D eigenvalue weighted by molar-refractivity contribution is -0.358. The van der Waals surface area contributed by atoms with Crippen LogP contribution in [0.5, 0.6) is 5.75 Å². The van der Waals surface area contributed by atoms with Gasteiger partial charge in [0.25, 0.3) is 11.5 Å². The van der Waals surface area contributed by atoms with E-state index in [1.165, 1.54) is 4.52 Å². The fourth-order valence-corrected chi connectivity index (χ4v) is 3.29. The first-order chi connectivity index (χ1) is 12.7. The van der Waals surface area contributed by atoms with Crippen molar-refractivity contribution < 1.29 is 9.72 Å². The van der Waals surface area contributed by atoms with E-state index in [2.05, 4.69) is 17.0 Å². The van der Waals surface area contributed by atoms with E-state index in [4.69, 9.17) is 4.74 Å². The van der Waals surface area contributed by atoms with Crippen molar-refractivity contribution in [2.75, 3.05) is 7.11 Å². The number of ether oxygens (including phenoxy) is 1. The third kappa shape index (κ3) is 2.73. The molecular formula is C20H21N4O2+. The summed E-state index contributed by atoms with van der Waals surface area (Å²) < 4.78 is 8.54. The maximum absolute atomic E-state index is 13.1. The number of nitrogens with one attached hydrogen (secondary N) is 1. The molecule has 0 bridgehead atoms. The van der Waals surface area contributed by atoms with E-state index in [0.29, 0.717) is 6.54 Å². The van der Waals surface area contributed by atoms with Gasteiger partial charge in [-0.05, 0) is 40.8 Å². The Morgan fingerprint density at radius 2 is 2.00 bits per heavy atom. The summed E-state index contributed by atoms with van der Waals surface area (Å²) >= 11 is 0. The maximum atomic E-state index is 13.1. The standard InChI is InChI=1S/C20H20N4O2/c1-3-7-18-21-19-16-10-4-5-11-17(16)23(20(25)24(19)22-18)13-14-8-6-9-15(12-14)26-2/h4-6,8-12H,3,7,13H2,1-2H3/p+1. The summed E-state index contributed by atoms with van der Waals surface area (Å²) in [4.78, 5) is 16.4. The van der Waals surface area contributed by atoms with Crippen molar-refractivity contribution in [2.45, 2.75) is 26.3 Å². The quantitative estimate of drug-likeness (QED) is 0.556. The molecule has 0 saturated heterocycles. The highest BCUT2D eigenvalue weighted by Crippen LogP contribution is 2.18. The summed E-state index contributed by atoms with van der Waals surface area (Å²) in [5, 5.41) is 5.47. The molecule has 0 spiro atoms. The average Bonchev–Trinajstić information content (AvgIpc) is 3.10. The number of aromatic amines is 1. The Hall–Kier alpha value is -3.15. The normalized spacial score (nSPS) is 11.3. The molecule has 0 fully saturated rings. The molecule has 4 aromatic rings. The first-order valence-electron chi connectivity index (χ1n) is 8.76. The van der Waals surface area contributed by atoms with E-state index in [1.807, 2.05) is 48.5 Å². The molecule has 4 rings (SSSR count). The molecule has 0 aliphatic heterocycles. The zero-order valence-electron chi connectivity index (χ0n) is 14.9. The molecule has 2 aromatic heterocycles. The van der Waals surface area contributed by atoms with Gasteiger partial charge in [0.05, 0.1) is 29.7 Å². The van der Waals surface area contributed by atoms with Gasteiger partial charge < -0.3 is 4.74 Å². The van der Waals surface area contributed by atoms with Gasteiger partial charge in [-0.25, -0.2) is 9.78 Å². The van der Waals surface area contributed by atoms with Gasteiger partial charge in [0.15, 0.2) is 0 Å². The van der Waals surface area contributed by atoms with E-state index in [0.717, 1.165) is 46.5 Å². The molecule has 0 saturated carbocycles. The van der Waals surface area contributed by atoms with Gasteiger partial charge in [0.2, 0.25) is 0 Å². The van der Waals surface area contributed by atoms with E-state index < -0.39 is 0 Å². The van der Waals surface area contributed by atoms with Crippen molar-refractivity contribution in [1.29, 1.82) is 0 Å². The summed E-state index contributed by atoms with van der Waals surface area (Å²) in [5.41, 5.74) is 2.48. The Balaban J connectivity index is 1.94. The second-order valence-electron chi connectivity index (χ2n) is 6.32. The lowest BCUT2D eigenvalue weighted by atomic mass is 10.2. The number of aromatic nitrogens is 4. The minimum atomic E-state index is -0.153. The van der Waals surface area contributed by atoms with E-state index in [9.17, 15) is 4.79 Å². The van der Waals surface area contributed by atoms with Crippen molar-refractivity contribution in [2.24, 2.45) is 0 Å². The number of rotatable bonds is 5. The lowest BCUT2D eigenvalue weighted by Gasteiger charge is -2.09. The van der Waals surface area contributed by atoms with Crippen molar-refractivity contribution in [3.63, 3.8) is 0 Å². The molecular weight excluding hydrogens is 328 g/mol. The Morgan fingerprint density at radius 1 is 1.15 bits per heavy atom. The number of fused-ring (bicyclic) bond motifs is 3. The largest absolute Gasteiger partial charge is 0.497 e. The highest BCUT2D eigenvalue weighted by atomic mass is 16.5. The predicted molar refractivity (Wildman–Crippen MR) is 99.6 cm³/mol. The minimum absolute atomic E-state index is 0.153. The Bertz CT molecular complexity index is 1140. The molecule has 0 amide bonds. The van der Waals surface area contributed by atoms with Gasteiger partial charge in [-0.15, -0.1) is 0 Å². The molecule has 0 aliphatic rings. The van der Waals surface area contributed by atoms with E-state index in [-0.39, 0.29) is 5.69 Å². The first kappa shape index (κ1) is 16.3. The van der Waals surface area contributed by atoms with Crippen LogP contribution in [0.15, 0.2) is 53.3 Å². The summed E-state index contributed by atoms with van der Waals surface area (Å²) in [6.45, 7) is 2.55. The van der Waals surface area contributed by atoms with Crippen LogP contribution in [-0.4, -0.2) is 21.3 Å². The summed E-state index contributed by atoms with van der Waals surface area (Å²) in [5.74, 6) is 1.60. The van der Waals surface area contributed by atoms with Gasteiger partial charge in [-0.3, -0.25) is 4.57 Å². The molecule has 6 nitrogen and oxygen atoms in total. The van der Waals surface area contributed by atoms with Crippen molar-refractivity contribution >= 4 is 16.6 Å². The van der Waals surface area contributed by atoms with Crippen LogP contribution in [0.3, 0.4) is 0 Å². The topological polar surface area (TPSA) is 62.7 Å². The Kier molecular flexibility index (Phi) is 4.16. The van der Waals surface area contributed by atoms with Crippen LogP contribution in [0.4, 0.5) is 0 Å². The molecule has 2 aromatic carbocycles. The molecule has 0 radical (unpaired) electrons. The molecule has 6 heteroatoms. The number of H-pyrrole nitrogens is 1. The number of benzene rings is 2. The van der Waals surface area contributed by atoms with Crippen LogP contribution in [0, 0.1) is 0 Å². The van der Waals surface area contributed by atoms with Gasteiger partial charge >= 0.3 is 5.69 Å². The van der Waals surface area contributed by atoms with Crippen LogP contribution >= 0.6 is 0 Å². The van der Waals surface area contributed by atoms with Gasteiger partial charge in [0, 0.05) is 6.42 Å². The average molecular weight is 349 g/mol. The van der Waals surface area contributed by atoms with Crippen molar-refractivity contribution in [3.05, 3.63) is 70.4 Å². The second-order valence-corrected chi connectivity index (χ2v) is 6.32. The molecule has 132 valence electrons. The Labute approximate surface area is 150 Å². The lowest BCUT2D eigenvalue weighted by Crippen LogP contribution is -2.29. The number of methoxy groups -OCH3 is 1. The third-order valence-electron chi connectivity index (χ3n) is 4.52. The summed E-state index contributed by atoms with van der Waals surface area (Å²) in [7, 11) is 1.64. The number of hydrogen-bond donors (Lipinski definition) is 0. The summed E-state index contributed by atoms with van der Waals surface area (Å²) in [6.07, 6.45) is 1.78. The highest BCUT2D eigenvalue weighted by molar-refractivity contribution is 5.89. The van der Waals surface area contributed by atoms with Gasteiger partial charge in [-0.1, -0.05) is 31.2 Å². The minimum Gasteiger partial charge on any atom is -0.497 e. The zero-order valence-corrected chi connectivity index (χ0v) is 14.9. The smallest absolute Gasteiger partial charge is 0.423 e. The van der Waals surface area contributed by atoms with Crippen LogP contribution in [0.25, 0.3) is 16.6 Å². The number of hydrogen-bond acceptors (Lipinski definition) is 3. The second kappa shape index (κ2) is 6.63. The van der Waals surface area contributed by atoms with Crippen LogP contribution in [0.2, 0.25) is 0 Å². The zero-order chi connectivity index (χ0) is 18.1. The number of para-hydroxylation sites is 1. The van der Waals surface area contributed by atoms with Gasteiger partial charge in [0.1, 0.15) is 5.75 Å². The molecule has 0 aliphatic carbocycles. The summed E-state index contributed by atoms with van der Waals surface area (Å²) in [6, 6.07) is 15.7. The predicted octanol–water partition coefficient (Wildman–Crippen LogP) is 2.47. The fourth-order valence-electron chi connectivity index (χ4n) is 3.29. The molecule has 26 heavy (non-hydrogen) atoms. The molecule has 1 N–H and O–H groups in total. The monoisotopic (exact) mass is 349 g/mol. The Morgan fingerprint density at radius 3 is 2.81 bits per heavy atom. The number of nitrogens with zero attached hydrogens (tertiary/aromatic N) is 3. The maximum Gasteiger partial charge on any atom is 0.423 e. The SMILES string of the molecule is CCCc1nn2c(=O)n(Cc3cccc(OC)c3)c3ccccc3c2[nH+]1. The first-order valence-corrected chi connectivity index (χ1v) is 8.76. The van der Waals surface area contributed by atoms with E-state index in [1.54, 1.807) is 11.7 Å². The third-order valence-corrected chi connectivity index (χ3v) is 4.52. The fraction of sp³-hybridized carbons (Fsp3) is 0.250. The van der Waals surface area contributed by atoms with Crippen molar-refractivity contribution in [3.8, 4) is 5.75 Å². The van der Waals surface area contributed by atoms with Crippen LogP contribution < -0.4 is 15.4 Å². The van der Waals surface area contributed by atoms with Crippen LogP contribution in [0.1, 0.15) is 24.7 Å². The van der Waals surface area contributed by atoms with Crippen molar-refractivity contribution in [1.82, 2.24) is 14.2 Å². The molecule has 2 heterocycles. The van der Waals surface area contributed by atoms with Gasteiger partial charge in [-0.2, -0.15) is 0 Å². The van der Waals surface area contributed by atoms with Crippen LogP contribution in [-0.2, 0) is 13.0 Å². The molecule has 0 unspecified atom stereocenters. The van der Waals surface area contributed by atoms with E-state index >= 15 is 0 Å². The molecule has 0 atom stereocenters. The number of aryl methyl sites for hydroxylation is 1. The highest BCUT2D eigenvalue weighted by Gasteiger charge is 2.21.